The Labute approximate surface area is 254 Å². The molecule has 0 bridgehead atoms. The third-order valence-corrected chi connectivity index (χ3v) is 6.09. The quantitative estimate of drug-likeness (QED) is 0.101. The maximum absolute atomic E-state index is 11.1. The Kier molecular flexibility index (Phi) is 34.8. The van der Waals surface area contributed by atoms with Gasteiger partial charge in [0.1, 0.15) is 0 Å². The zero-order chi connectivity index (χ0) is 23.9. The van der Waals surface area contributed by atoms with E-state index < -0.39 is 11.9 Å². The Morgan fingerprint density at radius 2 is 0.735 bits per heavy atom. The van der Waals surface area contributed by atoms with Gasteiger partial charge in [0.05, 0.1) is 11.9 Å². The Morgan fingerprint density at radius 3 is 1.00 bits per heavy atom. The number of rotatable bonds is 25. The second-order valence-corrected chi connectivity index (χ2v) is 9.25. The molecule has 0 aromatic carbocycles. The molecule has 0 radical (unpaired) electrons. The molecule has 0 saturated carbocycles. The minimum absolute atomic E-state index is 0. The Bertz CT molecular complexity index is 417. The molecule has 190 valence electrons. The van der Waals surface area contributed by atoms with Crippen LogP contribution >= 0.6 is 0 Å². The standard InChI is InChI=1S/C26H52N2O4.2Na/c1-3-5-7-9-11-13-15-17-19-27(23-25(29)30)21-22-28(24-26(31)32)20-18-16-14-12-10-8-6-4-2;;/h3-24H2,1-2H3,(H,29,30)(H,31,32);;/q;2*+1/p-2. The summed E-state index contributed by atoms with van der Waals surface area (Å²) in [6.45, 7) is 6.80. The summed E-state index contributed by atoms with van der Waals surface area (Å²) in [5, 5.41) is 22.3. The average Bonchev–Trinajstić information content (AvgIpc) is 2.74. The van der Waals surface area contributed by atoms with Gasteiger partial charge >= 0.3 is 59.1 Å². The van der Waals surface area contributed by atoms with E-state index in [-0.39, 0.29) is 72.2 Å². The van der Waals surface area contributed by atoms with Gasteiger partial charge in [-0.1, -0.05) is 104 Å². The van der Waals surface area contributed by atoms with Gasteiger partial charge in [-0.3, -0.25) is 9.80 Å². The van der Waals surface area contributed by atoms with E-state index in [1.54, 1.807) is 0 Å². The molecule has 0 atom stereocenters. The summed E-state index contributed by atoms with van der Waals surface area (Å²) in [7, 11) is 0. The molecule has 0 amide bonds. The van der Waals surface area contributed by atoms with Crippen LogP contribution in [0.1, 0.15) is 117 Å². The van der Waals surface area contributed by atoms with E-state index >= 15 is 0 Å². The van der Waals surface area contributed by atoms with Crippen molar-refractivity contribution >= 4 is 11.9 Å². The minimum Gasteiger partial charge on any atom is -0.549 e. The van der Waals surface area contributed by atoms with Crippen molar-refractivity contribution in [2.45, 2.75) is 117 Å². The summed E-state index contributed by atoms with van der Waals surface area (Å²) in [5.74, 6) is -2.14. The first-order valence-electron chi connectivity index (χ1n) is 13.3. The average molecular weight is 501 g/mol. The van der Waals surface area contributed by atoms with Gasteiger partial charge in [-0.05, 0) is 25.9 Å². The van der Waals surface area contributed by atoms with Crippen LogP contribution in [0.25, 0.3) is 0 Å². The summed E-state index contributed by atoms with van der Waals surface area (Å²) >= 11 is 0. The van der Waals surface area contributed by atoms with Crippen LogP contribution in [0.5, 0.6) is 0 Å². The van der Waals surface area contributed by atoms with Crippen molar-refractivity contribution in [3.8, 4) is 0 Å². The summed E-state index contributed by atoms with van der Waals surface area (Å²) in [6, 6.07) is 0. The fourth-order valence-electron chi connectivity index (χ4n) is 4.13. The SMILES string of the molecule is CCCCCCCCCCN(CCN(CCCCCCCCCC)CC(=O)[O-])CC(=O)[O-].[Na+].[Na+]. The number of hydrogen-bond acceptors (Lipinski definition) is 6. The third-order valence-electron chi connectivity index (χ3n) is 6.09. The monoisotopic (exact) mass is 500 g/mol. The zero-order valence-corrected chi connectivity index (χ0v) is 27.1. The molecule has 0 heterocycles. The minimum atomic E-state index is -1.07. The van der Waals surface area contributed by atoms with Gasteiger partial charge in [0.25, 0.3) is 0 Å². The maximum Gasteiger partial charge on any atom is 1.00 e. The van der Waals surface area contributed by atoms with E-state index in [1.165, 1.54) is 77.0 Å². The number of nitrogens with zero attached hydrogens (tertiary/aromatic N) is 2. The maximum atomic E-state index is 11.1. The van der Waals surface area contributed by atoms with Crippen LogP contribution in [-0.2, 0) is 9.59 Å². The van der Waals surface area contributed by atoms with Crippen LogP contribution in [0, 0.1) is 0 Å². The molecule has 34 heavy (non-hydrogen) atoms. The topological polar surface area (TPSA) is 86.7 Å². The van der Waals surface area contributed by atoms with Gasteiger partial charge in [0, 0.05) is 26.2 Å². The molecule has 6 nitrogen and oxygen atoms in total. The van der Waals surface area contributed by atoms with Gasteiger partial charge in [-0.25, -0.2) is 0 Å². The van der Waals surface area contributed by atoms with Crippen LogP contribution in [0.4, 0.5) is 0 Å². The van der Waals surface area contributed by atoms with E-state index in [4.69, 9.17) is 0 Å². The second kappa shape index (κ2) is 30.1. The van der Waals surface area contributed by atoms with Crippen molar-refractivity contribution in [1.29, 1.82) is 0 Å². The first-order valence-corrected chi connectivity index (χ1v) is 13.3. The number of unbranched alkanes of at least 4 members (excludes halogenated alkanes) is 14. The van der Waals surface area contributed by atoms with Gasteiger partial charge in [-0.15, -0.1) is 0 Å². The molecule has 0 unspecified atom stereocenters. The number of carbonyl (C=O) groups excluding carboxylic acids is 2. The van der Waals surface area contributed by atoms with Crippen LogP contribution in [-0.4, -0.2) is 61.0 Å². The number of aliphatic carboxylic acids is 2. The van der Waals surface area contributed by atoms with Gasteiger partial charge in [-0.2, -0.15) is 0 Å². The van der Waals surface area contributed by atoms with Crippen LogP contribution in [0.3, 0.4) is 0 Å². The van der Waals surface area contributed by atoms with E-state index in [9.17, 15) is 19.8 Å². The van der Waals surface area contributed by atoms with Gasteiger partial charge in [0.15, 0.2) is 0 Å². The van der Waals surface area contributed by atoms with Crippen LogP contribution in [0.15, 0.2) is 0 Å². The van der Waals surface area contributed by atoms with Crippen molar-refractivity contribution < 1.29 is 78.9 Å². The summed E-state index contributed by atoms with van der Waals surface area (Å²) < 4.78 is 0. The predicted molar refractivity (Wildman–Crippen MR) is 128 cm³/mol. The van der Waals surface area contributed by atoms with Crippen molar-refractivity contribution in [3.63, 3.8) is 0 Å². The first-order chi connectivity index (χ1) is 15.5. The molecule has 8 heteroatoms. The molecule has 0 aromatic heterocycles. The van der Waals surface area contributed by atoms with Crippen molar-refractivity contribution in [2.24, 2.45) is 0 Å². The summed E-state index contributed by atoms with van der Waals surface area (Å²) in [4.78, 5) is 26.1. The molecule has 0 fully saturated rings. The Balaban J connectivity index is -0.00000480. The van der Waals surface area contributed by atoms with Crippen LogP contribution < -0.4 is 69.3 Å². The summed E-state index contributed by atoms with van der Waals surface area (Å²) in [6.07, 6.45) is 19.3. The van der Waals surface area contributed by atoms with Gasteiger partial charge < -0.3 is 19.8 Å². The van der Waals surface area contributed by atoms with Crippen molar-refractivity contribution in [3.05, 3.63) is 0 Å². The van der Waals surface area contributed by atoms with Gasteiger partial charge in [0.2, 0.25) is 0 Å². The first kappa shape index (κ1) is 39.4. The molecule has 0 aromatic rings. The molecule has 0 aliphatic carbocycles. The van der Waals surface area contributed by atoms with E-state index in [0.717, 1.165) is 38.8 Å². The molecule has 0 N–H and O–H groups in total. The second-order valence-electron chi connectivity index (χ2n) is 9.25. The fourth-order valence-corrected chi connectivity index (χ4v) is 4.13. The van der Waals surface area contributed by atoms with E-state index in [0.29, 0.717) is 13.1 Å². The fraction of sp³-hybridized carbons (Fsp3) is 0.923. The molecule has 0 aliphatic rings. The van der Waals surface area contributed by atoms with Crippen molar-refractivity contribution in [1.82, 2.24) is 9.80 Å². The molecule has 0 saturated heterocycles. The molecular weight excluding hydrogens is 450 g/mol. The number of carbonyl (C=O) groups is 2. The van der Waals surface area contributed by atoms with E-state index in [2.05, 4.69) is 13.8 Å². The Hall–Kier alpha value is 0.860. The molecule has 0 rings (SSSR count). The predicted octanol–water partition coefficient (Wildman–Crippen LogP) is -2.62. The smallest absolute Gasteiger partial charge is 0.549 e. The number of carboxylic acid groups (broad SMARTS) is 2. The number of hydrogen-bond donors (Lipinski definition) is 0. The molecule has 0 spiro atoms. The third kappa shape index (κ3) is 29.1. The largest absolute Gasteiger partial charge is 1.00 e. The number of carboxylic acids is 2. The molecule has 0 aliphatic heterocycles. The zero-order valence-electron chi connectivity index (χ0n) is 23.1. The van der Waals surface area contributed by atoms with Crippen molar-refractivity contribution in [2.75, 3.05) is 39.3 Å². The van der Waals surface area contributed by atoms with E-state index in [1.807, 2.05) is 9.80 Å². The normalized spacial score (nSPS) is 10.8. The van der Waals surface area contributed by atoms with Crippen LogP contribution in [0.2, 0.25) is 0 Å². The summed E-state index contributed by atoms with van der Waals surface area (Å²) in [5.41, 5.74) is 0. The molecular formula is C26H50N2Na2O4. The Morgan fingerprint density at radius 1 is 0.471 bits per heavy atom.